The lowest BCUT2D eigenvalue weighted by molar-refractivity contribution is 0.267. The Hall–Kier alpha value is -1.84. The van der Waals surface area contributed by atoms with E-state index >= 15 is 0 Å². The minimum Gasteiger partial charge on any atom is -0.492 e. The lowest BCUT2D eigenvalue weighted by Gasteiger charge is -2.17. The minimum atomic E-state index is -0.00851. The number of hydrogen-bond acceptors (Lipinski definition) is 3. The van der Waals surface area contributed by atoms with Crippen molar-refractivity contribution in [1.82, 2.24) is 5.43 Å². The zero-order valence-corrected chi connectivity index (χ0v) is 10.5. The van der Waals surface area contributed by atoms with E-state index in [0.29, 0.717) is 6.61 Å². The molecule has 0 radical (unpaired) electrons. The number of ether oxygens (including phenoxy) is 1. The van der Waals surface area contributed by atoms with E-state index in [0.717, 1.165) is 11.3 Å². The van der Waals surface area contributed by atoms with E-state index in [9.17, 15) is 0 Å². The van der Waals surface area contributed by atoms with Crippen molar-refractivity contribution in [2.75, 3.05) is 6.61 Å². The Morgan fingerprint density at radius 3 is 2.33 bits per heavy atom. The Morgan fingerprint density at radius 2 is 1.72 bits per heavy atom. The van der Waals surface area contributed by atoms with Crippen LogP contribution in [0.2, 0.25) is 0 Å². The molecule has 2 rings (SSSR count). The van der Waals surface area contributed by atoms with Crippen molar-refractivity contribution in [2.45, 2.75) is 13.0 Å². The first-order valence-electron chi connectivity index (χ1n) is 6.00. The highest BCUT2D eigenvalue weighted by molar-refractivity contribution is 5.25. The van der Waals surface area contributed by atoms with Gasteiger partial charge >= 0.3 is 0 Å². The second-order valence-corrected chi connectivity index (χ2v) is 4.25. The van der Waals surface area contributed by atoms with Crippen molar-refractivity contribution >= 4 is 0 Å². The minimum absolute atomic E-state index is 0.00851. The van der Waals surface area contributed by atoms with E-state index in [-0.39, 0.29) is 6.04 Å². The molecule has 1 unspecified atom stereocenters. The fraction of sp³-hybridized carbons (Fsp3) is 0.200. The topological polar surface area (TPSA) is 47.3 Å². The highest BCUT2D eigenvalue weighted by atomic mass is 16.5. The second kappa shape index (κ2) is 6.19. The molecule has 0 heterocycles. The van der Waals surface area contributed by atoms with Gasteiger partial charge in [0.15, 0.2) is 0 Å². The highest BCUT2D eigenvalue weighted by Gasteiger charge is 2.09. The van der Waals surface area contributed by atoms with Crippen molar-refractivity contribution in [3.05, 3.63) is 65.7 Å². The van der Waals surface area contributed by atoms with Gasteiger partial charge in [-0.05, 0) is 24.6 Å². The van der Waals surface area contributed by atoms with Crippen LogP contribution in [0.5, 0.6) is 5.75 Å². The first-order chi connectivity index (χ1) is 8.79. The van der Waals surface area contributed by atoms with E-state index in [4.69, 9.17) is 10.6 Å². The summed E-state index contributed by atoms with van der Waals surface area (Å²) in [4.78, 5) is 0. The van der Waals surface area contributed by atoms with Gasteiger partial charge in [0.05, 0.1) is 6.04 Å². The van der Waals surface area contributed by atoms with Gasteiger partial charge in [0, 0.05) is 0 Å². The van der Waals surface area contributed by atoms with Crippen LogP contribution in [0.4, 0.5) is 0 Å². The lowest BCUT2D eigenvalue weighted by Crippen LogP contribution is -2.32. The number of nitrogens with two attached hydrogens (primary N) is 1. The van der Waals surface area contributed by atoms with Gasteiger partial charge < -0.3 is 4.74 Å². The molecule has 0 amide bonds. The van der Waals surface area contributed by atoms with Crippen LogP contribution in [0.15, 0.2) is 54.6 Å². The monoisotopic (exact) mass is 242 g/mol. The molecule has 3 heteroatoms. The first-order valence-corrected chi connectivity index (χ1v) is 6.00. The van der Waals surface area contributed by atoms with Gasteiger partial charge in [-0.3, -0.25) is 5.84 Å². The molecule has 3 N–H and O–H groups in total. The van der Waals surface area contributed by atoms with Crippen LogP contribution in [-0.4, -0.2) is 6.61 Å². The van der Waals surface area contributed by atoms with E-state index < -0.39 is 0 Å². The summed E-state index contributed by atoms with van der Waals surface area (Å²) in [7, 11) is 0. The number of aryl methyl sites for hydroxylation is 1. The summed E-state index contributed by atoms with van der Waals surface area (Å²) in [6.45, 7) is 2.57. The van der Waals surface area contributed by atoms with Gasteiger partial charge in [-0.25, -0.2) is 5.43 Å². The van der Waals surface area contributed by atoms with Crippen LogP contribution in [0.1, 0.15) is 17.2 Å². The molecule has 94 valence electrons. The van der Waals surface area contributed by atoms with Crippen LogP contribution in [0.3, 0.4) is 0 Å². The van der Waals surface area contributed by atoms with E-state index in [1.807, 2.05) is 30.3 Å². The zero-order valence-electron chi connectivity index (χ0n) is 10.5. The normalized spacial score (nSPS) is 12.1. The summed E-state index contributed by atoms with van der Waals surface area (Å²) in [5.74, 6) is 6.43. The second-order valence-electron chi connectivity index (χ2n) is 4.25. The molecule has 2 aromatic carbocycles. The SMILES string of the molecule is Cc1ccc(C(COc2ccccc2)NN)cc1. The summed E-state index contributed by atoms with van der Waals surface area (Å²) in [5, 5.41) is 0. The van der Waals surface area contributed by atoms with Crippen LogP contribution in [-0.2, 0) is 0 Å². The average Bonchev–Trinajstić information content (AvgIpc) is 2.42. The molecule has 0 aliphatic carbocycles. The van der Waals surface area contributed by atoms with Crippen LogP contribution < -0.4 is 16.0 Å². The molecular weight excluding hydrogens is 224 g/mol. The largest absolute Gasteiger partial charge is 0.492 e. The molecule has 0 fully saturated rings. The van der Waals surface area contributed by atoms with Crippen molar-refractivity contribution in [1.29, 1.82) is 0 Å². The number of hydrazine groups is 1. The molecule has 18 heavy (non-hydrogen) atoms. The third kappa shape index (κ3) is 3.32. The summed E-state index contributed by atoms with van der Waals surface area (Å²) in [5.41, 5.74) is 5.14. The highest BCUT2D eigenvalue weighted by Crippen LogP contribution is 2.16. The maximum absolute atomic E-state index is 5.70. The predicted molar refractivity (Wildman–Crippen MR) is 73.2 cm³/mol. The smallest absolute Gasteiger partial charge is 0.119 e. The van der Waals surface area contributed by atoms with Crippen molar-refractivity contribution in [3.8, 4) is 5.75 Å². The number of hydrogen-bond donors (Lipinski definition) is 2. The molecule has 0 aliphatic rings. The first kappa shape index (κ1) is 12.6. The van der Waals surface area contributed by atoms with Crippen LogP contribution in [0.25, 0.3) is 0 Å². The molecule has 2 aromatic rings. The van der Waals surface area contributed by atoms with Gasteiger partial charge in [-0.15, -0.1) is 0 Å². The molecule has 0 bridgehead atoms. The number of benzene rings is 2. The van der Waals surface area contributed by atoms with Gasteiger partial charge in [-0.1, -0.05) is 48.0 Å². The van der Waals surface area contributed by atoms with E-state index in [1.165, 1.54) is 5.56 Å². The molecule has 0 spiro atoms. The zero-order chi connectivity index (χ0) is 12.8. The Morgan fingerprint density at radius 1 is 1.06 bits per heavy atom. The Bertz CT molecular complexity index is 468. The van der Waals surface area contributed by atoms with Gasteiger partial charge in [0.25, 0.3) is 0 Å². The predicted octanol–water partition coefficient (Wildman–Crippen LogP) is 2.58. The van der Waals surface area contributed by atoms with Gasteiger partial charge in [0.1, 0.15) is 12.4 Å². The standard InChI is InChI=1S/C15H18N2O/c1-12-7-9-13(10-8-12)15(17-16)11-18-14-5-3-2-4-6-14/h2-10,15,17H,11,16H2,1H3. The molecule has 3 nitrogen and oxygen atoms in total. The Kier molecular flexibility index (Phi) is 4.34. The summed E-state index contributed by atoms with van der Waals surface area (Å²) in [6, 6.07) is 18.0. The quantitative estimate of drug-likeness (QED) is 0.626. The average molecular weight is 242 g/mol. The lowest BCUT2D eigenvalue weighted by atomic mass is 10.1. The fourth-order valence-corrected chi connectivity index (χ4v) is 1.74. The summed E-state index contributed by atoms with van der Waals surface area (Å²) >= 11 is 0. The molecular formula is C15H18N2O. The molecule has 0 aliphatic heterocycles. The summed E-state index contributed by atoms with van der Waals surface area (Å²) < 4.78 is 5.70. The van der Waals surface area contributed by atoms with Crippen molar-refractivity contribution in [2.24, 2.45) is 5.84 Å². The van der Waals surface area contributed by atoms with E-state index in [1.54, 1.807) is 0 Å². The van der Waals surface area contributed by atoms with E-state index in [2.05, 4.69) is 36.6 Å². The number of nitrogens with one attached hydrogen (secondary N) is 1. The maximum Gasteiger partial charge on any atom is 0.119 e. The van der Waals surface area contributed by atoms with Crippen molar-refractivity contribution < 1.29 is 4.74 Å². The molecule has 0 saturated carbocycles. The van der Waals surface area contributed by atoms with Crippen LogP contribution in [0, 0.1) is 6.92 Å². The summed E-state index contributed by atoms with van der Waals surface area (Å²) in [6.07, 6.45) is 0. The van der Waals surface area contributed by atoms with Gasteiger partial charge in [0.2, 0.25) is 0 Å². The third-order valence-electron chi connectivity index (χ3n) is 2.84. The fourth-order valence-electron chi connectivity index (χ4n) is 1.74. The maximum atomic E-state index is 5.70. The number of rotatable bonds is 5. The van der Waals surface area contributed by atoms with Crippen LogP contribution >= 0.6 is 0 Å². The Balaban J connectivity index is 1.99. The molecule has 0 aromatic heterocycles. The van der Waals surface area contributed by atoms with Crippen molar-refractivity contribution in [3.63, 3.8) is 0 Å². The molecule has 0 saturated heterocycles. The number of para-hydroxylation sites is 1. The molecule has 1 atom stereocenters. The Labute approximate surface area is 108 Å². The third-order valence-corrected chi connectivity index (χ3v) is 2.84. The van der Waals surface area contributed by atoms with Gasteiger partial charge in [-0.2, -0.15) is 0 Å².